The number of carboxylic acids is 1. The van der Waals surface area contributed by atoms with Crippen LogP contribution in [0.4, 0.5) is 5.69 Å². The minimum atomic E-state index is -0.928. The van der Waals surface area contributed by atoms with Gasteiger partial charge in [-0.25, -0.2) is 0 Å². The largest absolute Gasteiger partial charge is 0.480 e. The number of nitrogens with zero attached hydrogens (tertiary/aromatic N) is 1. The van der Waals surface area contributed by atoms with Crippen LogP contribution in [-0.4, -0.2) is 41.5 Å². The second-order valence-corrected chi connectivity index (χ2v) is 5.49. The Kier molecular flexibility index (Phi) is 6.67. The van der Waals surface area contributed by atoms with Crippen molar-refractivity contribution in [2.75, 3.05) is 25.0 Å². The molecular weight excluding hydrogens is 324 g/mol. The van der Waals surface area contributed by atoms with Gasteiger partial charge in [0, 0.05) is 4.47 Å². The van der Waals surface area contributed by atoms with Crippen LogP contribution in [0.15, 0.2) is 22.7 Å². The number of hydrogen-bond donors (Lipinski definition) is 2. The number of benzene rings is 1. The van der Waals surface area contributed by atoms with Gasteiger partial charge in [-0.3, -0.25) is 14.5 Å². The van der Waals surface area contributed by atoms with E-state index < -0.39 is 5.97 Å². The van der Waals surface area contributed by atoms with Crippen LogP contribution >= 0.6 is 15.9 Å². The Morgan fingerprint density at radius 2 is 2.05 bits per heavy atom. The minimum Gasteiger partial charge on any atom is -0.480 e. The molecule has 2 N–H and O–H groups in total. The SMILES string of the molecule is CCCN(CC(=O)O)CC(=O)Nc1ccc(C)cc1Br. The van der Waals surface area contributed by atoms with Gasteiger partial charge in [-0.15, -0.1) is 0 Å². The zero-order valence-corrected chi connectivity index (χ0v) is 13.2. The molecular formula is C14H19BrN2O3. The van der Waals surface area contributed by atoms with Crippen molar-refractivity contribution < 1.29 is 14.7 Å². The lowest BCUT2D eigenvalue weighted by atomic mass is 10.2. The van der Waals surface area contributed by atoms with E-state index >= 15 is 0 Å². The summed E-state index contributed by atoms with van der Waals surface area (Å²) in [5, 5.41) is 11.6. The van der Waals surface area contributed by atoms with E-state index in [1.54, 1.807) is 4.90 Å². The van der Waals surface area contributed by atoms with Gasteiger partial charge in [0.05, 0.1) is 18.8 Å². The smallest absolute Gasteiger partial charge is 0.317 e. The summed E-state index contributed by atoms with van der Waals surface area (Å²) in [7, 11) is 0. The molecule has 1 amide bonds. The van der Waals surface area contributed by atoms with E-state index in [2.05, 4.69) is 21.2 Å². The predicted octanol–water partition coefficient (Wildman–Crippen LogP) is 2.49. The van der Waals surface area contributed by atoms with E-state index in [1.165, 1.54) is 0 Å². The van der Waals surface area contributed by atoms with Gasteiger partial charge in [-0.1, -0.05) is 13.0 Å². The minimum absolute atomic E-state index is 0.0699. The van der Waals surface area contributed by atoms with E-state index in [4.69, 9.17) is 5.11 Å². The van der Waals surface area contributed by atoms with Gasteiger partial charge in [0.15, 0.2) is 0 Å². The Morgan fingerprint density at radius 1 is 1.35 bits per heavy atom. The maximum absolute atomic E-state index is 11.9. The molecule has 0 saturated carbocycles. The van der Waals surface area contributed by atoms with Crippen LogP contribution in [0.25, 0.3) is 0 Å². The van der Waals surface area contributed by atoms with Crippen LogP contribution < -0.4 is 5.32 Å². The number of carbonyl (C=O) groups excluding carboxylic acids is 1. The molecule has 0 aliphatic carbocycles. The Morgan fingerprint density at radius 3 is 2.60 bits per heavy atom. The lowest BCUT2D eigenvalue weighted by Gasteiger charge is -2.19. The van der Waals surface area contributed by atoms with Gasteiger partial charge >= 0.3 is 5.97 Å². The van der Waals surface area contributed by atoms with Crippen molar-refractivity contribution in [3.63, 3.8) is 0 Å². The summed E-state index contributed by atoms with van der Waals surface area (Å²) in [5.74, 6) is -1.15. The van der Waals surface area contributed by atoms with Crippen molar-refractivity contribution in [3.05, 3.63) is 28.2 Å². The zero-order chi connectivity index (χ0) is 15.1. The molecule has 20 heavy (non-hydrogen) atoms. The van der Waals surface area contributed by atoms with Crippen LogP contribution in [0.2, 0.25) is 0 Å². The van der Waals surface area contributed by atoms with Crippen molar-refractivity contribution in [3.8, 4) is 0 Å². The number of amides is 1. The second kappa shape index (κ2) is 8.01. The van der Waals surface area contributed by atoms with Gasteiger partial charge in [0.2, 0.25) is 5.91 Å². The fraction of sp³-hybridized carbons (Fsp3) is 0.429. The summed E-state index contributed by atoms with van der Waals surface area (Å²) in [6.45, 7) is 4.43. The Labute approximate surface area is 127 Å². The molecule has 0 bridgehead atoms. The molecule has 0 spiro atoms. The highest BCUT2D eigenvalue weighted by Gasteiger charge is 2.14. The van der Waals surface area contributed by atoms with E-state index in [9.17, 15) is 9.59 Å². The highest BCUT2D eigenvalue weighted by Crippen LogP contribution is 2.23. The standard InChI is InChI=1S/C14H19BrN2O3/c1-3-6-17(9-14(19)20)8-13(18)16-12-5-4-10(2)7-11(12)15/h4-5,7H,3,6,8-9H2,1-2H3,(H,16,18)(H,19,20). The number of aryl methyl sites for hydroxylation is 1. The lowest BCUT2D eigenvalue weighted by Crippen LogP contribution is -2.37. The first-order valence-electron chi connectivity index (χ1n) is 6.42. The Balaban J connectivity index is 2.62. The Bertz CT molecular complexity index is 491. The topological polar surface area (TPSA) is 69.6 Å². The van der Waals surface area contributed by atoms with Crippen LogP contribution in [0.1, 0.15) is 18.9 Å². The summed E-state index contributed by atoms with van der Waals surface area (Å²) in [6, 6.07) is 5.64. The molecule has 0 radical (unpaired) electrons. The summed E-state index contributed by atoms with van der Waals surface area (Å²) >= 11 is 3.39. The number of nitrogens with one attached hydrogen (secondary N) is 1. The molecule has 0 aliphatic heterocycles. The first kappa shape index (κ1) is 16.7. The summed E-state index contributed by atoms with van der Waals surface area (Å²) < 4.78 is 0.811. The second-order valence-electron chi connectivity index (χ2n) is 4.64. The quantitative estimate of drug-likeness (QED) is 0.798. The number of hydrogen-bond acceptors (Lipinski definition) is 3. The van der Waals surface area contributed by atoms with Gasteiger partial charge in [-0.2, -0.15) is 0 Å². The van der Waals surface area contributed by atoms with Gasteiger partial charge in [-0.05, 0) is 53.5 Å². The fourth-order valence-corrected chi connectivity index (χ4v) is 2.43. The first-order valence-corrected chi connectivity index (χ1v) is 7.21. The van der Waals surface area contributed by atoms with Gasteiger partial charge < -0.3 is 10.4 Å². The number of anilines is 1. The van der Waals surface area contributed by atoms with Crippen molar-refractivity contribution in [2.24, 2.45) is 0 Å². The molecule has 0 atom stereocenters. The molecule has 1 aromatic rings. The van der Waals surface area contributed by atoms with Crippen molar-refractivity contribution in [2.45, 2.75) is 20.3 Å². The monoisotopic (exact) mass is 342 g/mol. The third-order valence-electron chi connectivity index (χ3n) is 2.66. The predicted molar refractivity (Wildman–Crippen MR) is 81.9 cm³/mol. The zero-order valence-electron chi connectivity index (χ0n) is 11.6. The van der Waals surface area contributed by atoms with Crippen molar-refractivity contribution in [1.82, 2.24) is 4.90 Å². The van der Waals surface area contributed by atoms with Crippen molar-refractivity contribution >= 4 is 33.5 Å². The highest BCUT2D eigenvalue weighted by molar-refractivity contribution is 9.10. The molecule has 0 unspecified atom stereocenters. The van der Waals surface area contributed by atoms with E-state index in [1.807, 2.05) is 32.0 Å². The average molecular weight is 343 g/mol. The van der Waals surface area contributed by atoms with Crippen LogP contribution in [0.5, 0.6) is 0 Å². The van der Waals surface area contributed by atoms with E-state index in [0.29, 0.717) is 12.2 Å². The molecule has 1 rings (SSSR count). The van der Waals surface area contributed by atoms with Crippen molar-refractivity contribution in [1.29, 1.82) is 0 Å². The Hall–Kier alpha value is -1.40. The molecule has 0 aliphatic rings. The van der Waals surface area contributed by atoms with Crippen LogP contribution in [0.3, 0.4) is 0 Å². The molecule has 0 saturated heterocycles. The molecule has 1 aromatic carbocycles. The maximum atomic E-state index is 11.9. The van der Waals surface area contributed by atoms with E-state index in [0.717, 1.165) is 16.5 Å². The normalized spacial score (nSPS) is 10.6. The number of aliphatic carboxylic acids is 1. The van der Waals surface area contributed by atoms with Crippen LogP contribution in [-0.2, 0) is 9.59 Å². The summed E-state index contributed by atoms with van der Waals surface area (Å²) in [6.07, 6.45) is 0.800. The lowest BCUT2D eigenvalue weighted by molar-refractivity contribution is -0.138. The van der Waals surface area contributed by atoms with Gasteiger partial charge in [0.1, 0.15) is 0 Å². The highest BCUT2D eigenvalue weighted by atomic mass is 79.9. The maximum Gasteiger partial charge on any atom is 0.317 e. The molecule has 6 heteroatoms. The summed E-state index contributed by atoms with van der Waals surface area (Å²) in [5.41, 5.74) is 1.78. The average Bonchev–Trinajstić information content (AvgIpc) is 2.32. The molecule has 0 heterocycles. The van der Waals surface area contributed by atoms with Crippen LogP contribution in [0, 0.1) is 6.92 Å². The van der Waals surface area contributed by atoms with E-state index in [-0.39, 0.29) is 19.0 Å². The molecule has 0 aromatic heterocycles. The fourth-order valence-electron chi connectivity index (χ4n) is 1.84. The molecule has 5 nitrogen and oxygen atoms in total. The number of carbonyl (C=O) groups is 2. The third-order valence-corrected chi connectivity index (χ3v) is 3.32. The first-order chi connectivity index (χ1) is 9.42. The summed E-state index contributed by atoms with van der Waals surface area (Å²) in [4.78, 5) is 24.3. The molecule has 110 valence electrons. The molecule has 0 fully saturated rings. The number of rotatable bonds is 7. The number of carboxylic acid groups (broad SMARTS) is 1. The third kappa shape index (κ3) is 5.71. The van der Waals surface area contributed by atoms with Gasteiger partial charge in [0.25, 0.3) is 0 Å². The number of halogens is 1.